The molecule has 5 aromatic rings. The van der Waals surface area contributed by atoms with Crippen molar-refractivity contribution in [3.63, 3.8) is 0 Å². The molecule has 10 heteroatoms. The van der Waals surface area contributed by atoms with Gasteiger partial charge >= 0.3 is 0 Å². The summed E-state index contributed by atoms with van der Waals surface area (Å²) < 4.78 is 7.19. The second-order valence-electron chi connectivity index (χ2n) is 7.69. The predicted molar refractivity (Wildman–Crippen MR) is 129 cm³/mol. The number of hydrogen-bond donors (Lipinski definition) is 4. The summed E-state index contributed by atoms with van der Waals surface area (Å²) in [6, 6.07) is 16.6. The monoisotopic (exact) mass is 457 g/mol. The number of aromatic nitrogens is 5. The minimum Gasteiger partial charge on any atom is -0.423 e. The lowest BCUT2D eigenvalue weighted by Crippen LogP contribution is -2.15. The molecular formula is C24H23N7O3. The predicted octanol–water partition coefficient (Wildman–Crippen LogP) is 3.68. The summed E-state index contributed by atoms with van der Waals surface area (Å²) >= 11 is 0. The van der Waals surface area contributed by atoms with Crippen LogP contribution in [0.5, 0.6) is 0 Å². The topological polar surface area (TPSA) is 134 Å². The van der Waals surface area contributed by atoms with Gasteiger partial charge in [0, 0.05) is 24.5 Å². The lowest BCUT2D eigenvalue weighted by molar-refractivity contribution is 0.276. The summed E-state index contributed by atoms with van der Waals surface area (Å²) in [7, 11) is 0. The van der Waals surface area contributed by atoms with E-state index in [4.69, 9.17) is 4.42 Å². The molecule has 3 heterocycles. The summed E-state index contributed by atoms with van der Waals surface area (Å²) in [5.74, 6) is 0.878. The lowest BCUT2D eigenvalue weighted by Gasteiger charge is -2.20. The fourth-order valence-electron chi connectivity index (χ4n) is 3.88. The van der Waals surface area contributed by atoms with Crippen LogP contribution in [0.4, 0.5) is 17.2 Å². The van der Waals surface area contributed by atoms with E-state index in [0.717, 1.165) is 16.8 Å². The first kappa shape index (κ1) is 21.4. The smallest absolute Gasteiger partial charge is 0.271 e. The Morgan fingerprint density at radius 1 is 1.18 bits per heavy atom. The average Bonchev–Trinajstić information content (AvgIpc) is 3.51. The van der Waals surface area contributed by atoms with Gasteiger partial charge in [0.05, 0.1) is 34.8 Å². The number of aliphatic hydroxyl groups is 1. The first-order chi connectivity index (χ1) is 16.7. The first-order valence-corrected chi connectivity index (χ1v) is 10.8. The zero-order valence-corrected chi connectivity index (χ0v) is 18.4. The van der Waals surface area contributed by atoms with Crippen LogP contribution in [0.2, 0.25) is 0 Å². The second-order valence-corrected chi connectivity index (χ2v) is 7.69. The summed E-state index contributed by atoms with van der Waals surface area (Å²) in [6.45, 7) is 2.50. The van der Waals surface area contributed by atoms with Gasteiger partial charge in [0.1, 0.15) is 5.82 Å². The minimum absolute atomic E-state index is 0.114. The summed E-state index contributed by atoms with van der Waals surface area (Å²) in [5, 5.41) is 27.9. The van der Waals surface area contributed by atoms with Crippen molar-refractivity contribution in [2.75, 3.05) is 17.2 Å². The van der Waals surface area contributed by atoms with Crippen molar-refractivity contribution in [2.24, 2.45) is 0 Å². The fourth-order valence-corrected chi connectivity index (χ4v) is 3.88. The molecule has 0 saturated heterocycles. The van der Waals surface area contributed by atoms with Gasteiger partial charge in [0.15, 0.2) is 0 Å². The van der Waals surface area contributed by atoms with Gasteiger partial charge in [-0.2, -0.15) is 0 Å². The summed E-state index contributed by atoms with van der Waals surface area (Å²) in [4.78, 5) is 16.6. The molecule has 0 unspecified atom stereocenters. The average molecular weight is 457 g/mol. The van der Waals surface area contributed by atoms with E-state index < -0.39 is 0 Å². The number of H-pyrrole nitrogens is 1. The molecule has 0 aliphatic rings. The maximum Gasteiger partial charge on any atom is 0.271 e. The van der Waals surface area contributed by atoms with Gasteiger partial charge in [-0.05, 0) is 30.7 Å². The standard InChI is InChI=1S/C24H23N7O3/c1-2-31-21-10-16(8-9-17(21)23(33)30-31)27-22-11-19(18(12-25-22)24-29-26-14-34-24)28-20(13-32)15-6-4-3-5-7-15/h3-12,14,20,32H,2,13H2,1H3,(H,30,33)(H2,25,27,28)/t20-/m1/s1. The molecule has 0 aliphatic carbocycles. The van der Waals surface area contributed by atoms with Crippen molar-refractivity contribution in [1.29, 1.82) is 0 Å². The number of nitrogens with zero attached hydrogens (tertiary/aromatic N) is 4. The number of aromatic amines is 1. The Labute approximate surface area is 194 Å². The van der Waals surface area contributed by atoms with Gasteiger partial charge < -0.3 is 20.2 Å². The first-order valence-electron chi connectivity index (χ1n) is 10.8. The molecule has 3 aromatic heterocycles. The van der Waals surface area contributed by atoms with Gasteiger partial charge in [-0.25, -0.2) is 4.98 Å². The molecule has 0 aliphatic heterocycles. The molecule has 0 spiro atoms. The molecule has 0 amide bonds. The molecule has 5 rings (SSSR count). The van der Waals surface area contributed by atoms with Gasteiger partial charge in [-0.3, -0.25) is 14.6 Å². The van der Waals surface area contributed by atoms with Gasteiger partial charge in [-0.15, -0.1) is 10.2 Å². The molecule has 0 fully saturated rings. The van der Waals surface area contributed by atoms with Gasteiger partial charge in [0.2, 0.25) is 6.39 Å². The zero-order chi connectivity index (χ0) is 23.5. The lowest BCUT2D eigenvalue weighted by atomic mass is 10.1. The highest BCUT2D eigenvalue weighted by Gasteiger charge is 2.17. The van der Waals surface area contributed by atoms with Crippen molar-refractivity contribution in [3.05, 3.63) is 83.1 Å². The van der Waals surface area contributed by atoms with Gasteiger partial charge in [0.25, 0.3) is 11.4 Å². The van der Waals surface area contributed by atoms with E-state index in [9.17, 15) is 9.90 Å². The van der Waals surface area contributed by atoms with Crippen molar-refractivity contribution < 1.29 is 9.52 Å². The number of hydrogen-bond acceptors (Lipinski definition) is 8. The number of pyridine rings is 1. The third-order valence-electron chi connectivity index (χ3n) is 5.57. The van der Waals surface area contributed by atoms with Crippen LogP contribution in [0.25, 0.3) is 22.4 Å². The van der Waals surface area contributed by atoms with Crippen LogP contribution in [-0.2, 0) is 6.54 Å². The largest absolute Gasteiger partial charge is 0.423 e. The number of benzene rings is 2. The zero-order valence-electron chi connectivity index (χ0n) is 18.4. The molecule has 4 N–H and O–H groups in total. The van der Waals surface area contributed by atoms with Crippen LogP contribution in [0.1, 0.15) is 18.5 Å². The Morgan fingerprint density at radius 3 is 2.76 bits per heavy atom. The molecule has 1 atom stereocenters. The second kappa shape index (κ2) is 9.20. The van der Waals surface area contributed by atoms with Crippen LogP contribution >= 0.6 is 0 Å². The van der Waals surface area contributed by atoms with E-state index in [2.05, 4.69) is 30.9 Å². The summed E-state index contributed by atoms with van der Waals surface area (Å²) in [5.41, 5.74) is 3.68. The quantitative estimate of drug-likeness (QED) is 0.277. The fraction of sp³-hybridized carbons (Fsp3) is 0.167. The Morgan fingerprint density at radius 2 is 2.03 bits per heavy atom. The van der Waals surface area contributed by atoms with Crippen LogP contribution in [0.3, 0.4) is 0 Å². The summed E-state index contributed by atoms with van der Waals surface area (Å²) in [6.07, 6.45) is 2.89. The van der Waals surface area contributed by atoms with Crippen molar-refractivity contribution in [3.8, 4) is 11.5 Å². The van der Waals surface area contributed by atoms with E-state index in [1.54, 1.807) is 16.9 Å². The maximum absolute atomic E-state index is 12.1. The highest BCUT2D eigenvalue weighted by atomic mass is 16.4. The van der Waals surface area contributed by atoms with E-state index in [-0.39, 0.29) is 18.2 Å². The molecule has 34 heavy (non-hydrogen) atoms. The van der Waals surface area contributed by atoms with Crippen molar-refractivity contribution in [1.82, 2.24) is 25.0 Å². The number of rotatable bonds is 8. The van der Waals surface area contributed by atoms with Crippen LogP contribution < -0.4 is 16.2 Å². The van der Waals surface area contributed by atoms with Gasteiger partial charge in [-0.1, -0.05) is 30.3 Å². The molecule has 172 valence electrons. The van der Waals surface area contributed by atoms with E-state index in [1.807, 2.05) is 55.5 Å². The minimum atomic E-state index is -0.353. The third kappa shape index (κ3) is 4.14. The SMILES string of the molecule is CCn1[nH]c(=O)c2ccc(Nc3cc(N[C@H](CO)c4ccccc4)c(-c4nnco4)cn3)cc21. The van der Waals surface area contributed by atoms with Crippen molar-refractivity contribution >= 4 is 28.1 Å². The van der Waals surface area contributed by atoms with Crippen LogP contribution in [-0.4, -0.2) is 36.7 Å². The number of fused-ring (bicyclic) bond motifs is 1. The van der Waals surface area contributed by atoms with E-state index in [0.29, 0.717) is 34.9 Å². The number of nitrogens with one attached hydrogen (secondary N) is 3. The number of anilines is 3. The molecule has 2 aromatic carbocycles. The van der Waals surface area contributed by atoms with Crippen LogP contribution in [0.15, 0.2) is 76.4 Å². The van der Waals surface area contributed by atoms with E-state index >= 15 is 0 Å². The Balaban J connectivity index is 1.50. The maximum atomic E-state index is 12.1. The number of aliphatic hydroxyl groups excluding tert-OH is 1. The Kier molecular flexibility index (Phi) is 5.79. The Bertz CT molecular complexity index is 1460. The molecule has 10 nitrogen and oxygen atoms in total. The molecular weight excluding hydrogens is 434 g/mol. The van der Waals surface area contributed by atoms with Crippen molar-refractivity contribution in [2.45, 2.75) is 19.5 Å². The number of aryl methyl sites for hydroxylation is 1. The normalized spacial score (nSPS) is 12.1. The van der Waals surface area contributed by atoms with E-state index in [1.165, 1.54) is 6.39 Å². The molecule has 0 bridgehead atoms. The Hall–Kier alpha value is -4.44. The highest BCUT2D eigenvalue weighted by molar-refractivity contribution is 5.83. The third-order valence-corrected chi connectivity index (χ3v) is 5.57. The van der Waals surface area contributed by atoms with Crippen LogP contribution in [0, 0.1) is 0 Å². The molecule has 0 radical (unpaired) electrons. The molecule has 0 saturated carbocycles. The highest BCUT2D eigenvalue weighted by Crippen LogP contribution is 2.32.